The van der Waals surface area contributed by atoms with E-state index in [0.717, 1.165) is 18.8 Å². The largest absolute Gasteiger partial charge is 0.362 e. The Hall–Kier alpha value is -0.740. The van der Waals surface area contributed by atoms with E-state index >= 15 is 0 Å². The highest BCUT2D eigenvalue weighted by Gasteiger charge is 1.93. The van der Waals surface area contributed by atoms with Gasteiger partial charge in [-0.25, -0.2) is 0 Å². The molecule has 2 nitrogen and oxygen atoms in total. The summed E-state index contributed by atoms with van der Waals surface area (Å²) in [6.07, 6.45) is 0. The highest BCUT2D eigenvalue weighted by Crippen LogP contribution is 1.96. The summed E-state index contributed by atoms with van der Waals surface area (Å²) in [4.78, 5) is 0. The smallest absolute Gasteiger partial charge is 0.166 e. The van der Waals surface area contributed by atoms with Crippen molar-refractivity contribution in [1.29, 1.82) is 0 Å². The van der Waals surface area contributed by atoms with E-state index in [9.17, 15) is 0 Å². The third kappa shape index (κ3) is 4.48. The fraction of sp³-hybridized carbons (Fsp3) is 0.300. The molecule has 1 rings (SSSR count). The molecular weight excluding hydrogens is 212 g/mol. The second kappa shape index (κ2) is 6.68. The second-order valence-corrected chi connectivity index (χ2v) is 3.67. The van der Waals surface area contributed by atoms with Gasteiger partial charge in [0.1, 0.15) is 0 Å². The van der Waals surface area contributed by atoms with Crippen molar-refractivity contribution in [2.45, 2.75) is 6.54 Å². The molecule has 0 radical (unpaired) electrons. The number of hydrogen-bond donors (Lipinski definition) is 3. The maximum Gasteiger partial charge on any atom is 0.166 e. The molecule has 1 aromatic carbocycles. The van der Waals surface area contributed by atoms with Gasteiger partial charge < -0.3 is 10.6 Å². The molecule has 0 aliphatic heterocycles. The van der Waals surface area contributed by atoms with Crippen molar-refractivity contribution in [3.05, 3.63) is 35.9 Å². The monoisotopic (exact) mass is 226 g/mol. The highest BCUT2D eigenvalue weighted by atomic mass is 32.1. The van der Waals surface area contributed by atoms with Crippen molar-refractivity contribution < 1.29 is 0 Å². The van der Waals surface area contributed by atoms with E-state index in [1.54, 1.807) is 0 Å². The van der Waals surface area contributed by atoms with Crippen LogP contribution in [0.1, 0.15) is 5.56 Å². The average Bonchev–Trinajstić information content (AvgIpc) is 2.25. The summed E-state index contributed by atoms with van der Waals surface area (Å²) in [5, 5.41) is 6.85. The Balaban J connectivity index is 2.24. The van der Waals surface area contributed by atoms with Gasteiger partial charge in [0.15, 0.2) is 5.11 Å². The fourth-order valence-electron chi connectivity index (χ4n) is 1.01. The highest BCUT2D eigenvalue weighted by molar-refractivity contribution is 7.80. The van der Waals surface area contributed by atoms with E-state index in [4.69, 9.17) is 12.2 Å². The molecule has 0 bridgehead atoms. The maximum atomic E-state index is 5.06. The third-order valence-electron chi connectivity index (χ3n) is 1.69. The quantitative estimate of drug-likeness (QED) is 0.537. The summed E-state index contributed by atoms with van der Waals surface area (Å²) in [7, 11) is 0. The van der Waals surface area contributed by atoms with E-state index < -0.39 is 0 Å². The molecule has 0 aromatic heterocycles. The summed E-state index contributed by atoms with van der Waals surface area (Å²) >= 11 is 9.15. The van der Waals surface area contributed by atoms with E-state index in [0.29, 0.717) is 5.11 Å². The SMILES string of the molecule is S=C(NCCS)NCc1ccccc1. The zero-order valence-corrected chi connectivity index (χ0v) is 9.57. The van der Waals surface area contributed by atoms with Gasteiger partial charge in [-0.3, -0.25) is 0 Å². The van der Waals surface area contributed by atoms with Gasteiger partial charge in [-0.05, 0) is 17.8 Å². The van der Waals surface area contributed by atoms with E-state index in [1.165, 1.54) is 5.56 Å². The summed E-state index contributed by atoms with van der Waals surface area (Å²) < 4.78 is 0. The van der Waals surface area contributed by atoms with Crippen LogP contribution in [0.25, 0.3) is 0 Å². The summed E-state index contributed by atoms with van der Waals surface area (Å²) in [5.74, 6) is 0.785. The first-order valence-corrected chi connectivity index (χ1v) is 5.53. The standard InChI is InChI=1S/C10H14N2S2/c13-7-6-11-10(14)12-8-9-4-2-1-3-5-9/h1-5,13H,6-8H2,(H2,11,12,14). The van der Waals surface area contributed by atoms with Gasteiger partial charge in [0.2, 0.25) is 0 Å². The molecule has 14 heavy (non-hydrogen) atoms. The normalized spacial score (nSPS) is 9.50. The Bertz CT molecular complexity index is 275. The van der Waals surface area contributed by atoms with Crippen molar-refractivity contribution in [1.82, 2.24) is 10.6 Å². The molecule has 0 unspecified atom stereocenters. The Morgan fingerprint density at radius 2 is 1.93 bits per heavy atom. The first-order valence-electron chi connectivity index (χ1n) is 4.49. The number of thiol groups is 1. The van der Waals surface area contributed by atoms with E-state index in [2.05, 4.69) is 35.4 Å². The molecule has 0 saturated carbocycles. The summed E-state index contributed by atoms with van der Waals surface area (Å²) in [5.41, 5.74) is 1.22. The van der Waals surface area contributed by atoms with Crippen LogP contribution in [-0.4, -0.2) is 17.4 Å². The van der Waals surface area contributed by atoms with Crippen LogP contribution in [-0.2, 0) is 6.54 Å². The maximum absolute atomic E-state index is 5.06. The first kappa shape index (κ1) is 11.3. The lowest BCUT2D eigenvalue weighted by Gasteiger charge is -2.08. The molecule has 2 N–H and O–H groups in total. The number of benzene rings is 1. The van der Waals surface area contributed by atoms with Crippen LogP contribution in [0.3, 0.4) is 0 Å². The molecule has 0 aliphatic carbocycles. The van der Waals surface area contributed by atoms with Crippen LogP contribution in [0, 0.1) is 0 Å². The van der Waals surface area contributed by atoms with Crippen LogP contribution in [0.4, 0.5) is 0 Å². The van der Waals surface area contributed by atoms with Crippen molar-refractivity contribution in [3.63, 3.8) is 0 Å². The van der Waals surface area contributed by atoms with Crippen LogP contribution in [0.2, 0.25) is 0 Å². The van der Waals surface area contributed by atoms with Gasteiger partial charge >= 0.3 is 0 Å². The molecular formula is C10H14N2S2. The average molecular weight is 226 g/mol. The molecule has 0 spiro atoms. The molecule has 0 amide bonds. The molecule has 0 atom stereocenters. The van der Waals surface area contributed by atoms with Gasteiger partial charge in [-0.2, -0.15) is 12.6 Å². The number of thiocarbonyl (C=S) groups is 1. The van der Waals surface area contributed by atoms with Crippen molar-refractivity contribution >= 4 is 30.0 Å². The summed E-state index contributed by atoms with van der Waals surface area (Å²) in [6, 6.07) is 10.2. The van der Waals surface area contributed by atoms with Gasteiger partial charge in [-0.15, -0.1) is 0 Å². The van der Waals surface area contributed by atoms with Gasteiger partial charge in [0.05, 0.1) is 0 Å². The third-order valence-corrected chi connectivity index (χ3v) is 2.21. The lowest BCUT2D eigenvalue weighted by molar-refractivity contribution is 0.858. The summed E-state index contributed by atoms with van der Waals surface area (Å²) in [6.45, 7) is 1.56. The van der Waals surface area contributed by atoms with Gasteiger partial charge in [0, 0.05) is 18.8 Å². The molecule has 0 heterocycles. The number of rotatable bonds is 4. The van der Waals surface area contributed by atoms with E-state index in [-0.39, 0.29) is 0 Å². The Morgan fingerprint density at radius 3 is 2.57 bits per heavy atom. The van der Waals surface area contributed by atoms with Crippen LogP contribution < -0.4 is 10.6 Å². The molecule has 76 valence electrons. The first-order chi connectivity index (χ1) is 6.83. The van der Waals surface area contributed by atoms with Crippen molar-refractivity contribution in [2.24, 2.45) is 0 Å². The van der Waals surface area contributed by atoms with Crippen molar-refractivity contribution in [3.8, 4) is 0 Å². The minimum Gasteiger partial charge on any atom is -0.362 e. The second-order valence-electron chi connectivity index (χ2n) is 2.82. The van der Waals surface area contributed by atoms with Gasteiger partial charge in [-0.1, -0.05) is 30.3 Å². The lowest BCUT2D eigenvalue weighted by atomic mass is 10.2. The van der Waals surface area contributed by atoms with E-state index in [1.807, 2.05) is 18.2 Å². The van der Waals surface area contributed by atoms with Crippen LogP contribution >= 0.6 is 24.8 Å². The fourth-order valence-corrected chi connectivity index (χ4v) is 1.30. The number of nitrogens with one attached hydrogen (secondary N) is 2. The number of hydrogen-bond acceptors (Lipinski definition) is 2. The van der Waals surface area contributed by atoms with Gasteiger partial charge in [0.25, 0.3) is 0 Å². The zero-order valence-electron chi connectivity index (χ0n) is 7.86. The van der Waals surface area contributed by atoms with Crippen LogP contribution in [0.5, 0.6) is 0 Å². The van der Waals surface area contributed by atoms with Crippen LogP contribution in [0.15, 0.2) is 30.3 Å². The minimum absolute atomic E-state index is 0.683. The van der Waals surface area contributed by atoms with Crippen molar-refractivity contribution in [2.75, 3.05) is 12.3 Å². The molecule has 0 saturated heterocycles. The molecule has 0 fully saturated rings. The minimum atomic E-state index is 0.683. The zero-order chi connectivity index (χ0) is 10.2. The molecule has 4 heteroatoms. The predicted molar refractivity (Wildman–Crippen MR) is 67.7 cm³/mol. The predicted octanol–water partition coefficient (Wildman–Crippen LogP) is 1.58. The Kier molecular flexibility index (Phi) is 5.40. The molecule has 0 aliphatic rings. The molecule has 1 aromatic rings. The Morgan fingerprint density at radius 1 is 1.21 bits per heavy atom. The topological polar surface area (TPSA) is 24.1 Å². The Labute approximate surface area is 95.5 Å². The lowest BCUT2D eigenvalue weighted by Crippen LogP contribution is -2.35.